The molecule has 6 heteroatoms. The quantitative estimate of drug-likeness (QED) is 0.832. The smallest absolute Gasteiger partial charge is 0.335 e. The van der Waals surface area contributed by atoms with Gasteiger partial charge in [0.15, 0.2) is 0 Å². The Balaban J connectivity index is 2.03. The van der Waals surface area contributed by atoms with Crippen molar-refractivity contribution < 1.29 is 18.3 Å². The van der Waals surface area contributed by atoms with Crippen molar-refractivity contribution in [2.75, 3.05) is 6.54 Å². The summed E-state index contributed by atoms with van der Waals surface area (Å²) in [5.41, 5.74) is 0.0744. The fourth-order valence-electron chi connectivity index (χ4n) is 1.93. The van der Waals surface area contributed by atoms with Gasteiger partial charge in [-0.05, 0) is 48.9 Å². The largest absolute Gasteiger partial charge is 0.478 e. The molecule has 1 aliphatic carbocycles. The summed E-state index contributed by atoms with van der Waals surface area (Å²) in [6.45, 7) is 2.46. The minimum absolute atomic E-state index is 0.0744. The van der Waals surface area contributed by atoms with Gasteiger partial charge in [-0.2, -0.15) is 0 Å². The minimum atomic E-state index is -3.55. The number of rotatable bonds is 6. The van der Waals surface area contributed by atoms with Crippen molar-refractivity contribution in [1.29, 1.82) is 0 Å². The lowest BCUT2D eigenvalue weighted by molar-refractivity contribution is 0.0696. The zero-order valence-corrected chi connectivity index (χ0v) is 11.5. The molecule has 2 rings (SSSR count). The van der Waals surface area contributed by atoms with Gasteiger partial charge < -0.3 is 5.11 Å². The SMILES string of the molecule is CC(CNS(=O)(=O)c1ccc(C(=O)O)cc1)C1CC1. The van der Waals surface area contributed by atoms with Gasteiger partial charge in [0.25, 0.3) is 0 Å². The first-order valence-corrected chi connectivity index (χ1v) is 7.71. The summed E-state index contributed by atoms with van der Waals surface area (Å²) in [6, 6.07) is 5.21. The number of hydrogen-bond acceptors (Lipinski definition) is 3. The van der Waals surface area contributed by atoms with E-state index in [9.17, 15) is 13.2 Å². The number of hydrogen-bond donors (Lipinski definition) is 2. The van der Waals surface area contributed by atoms with Crippen molar-refractivity contribution in [3.8, 4) is 0 Å². The number of sulfonamides is 1. The average molecular weight is 283 g/mol. The van der Waals surface area contributed by atoms with E-state index in [1.54, 1.807) is 0 Å². The zero-order valence-electron chi connectivity index (χ0n) is 10.7. The second-order valence-corrected chi connectivity index (χ2v) is 6.76. The van der Waals surface area contributed by atoms with E-state index < -0.39 is 16.0 Å². The normalized spacial score (nSPS) is 17.1. The number of aromatic carboxylic acids is 1. The molecule has 0 bridgehead atoms. The molecule has 0 aromatic heterocycles. The molecule has 19 heavy (non-hydrogen) atoms. The van der Waals surface area contributed by atoms with Gasteiger partial charge in [0.1, 0.15) is 0 Å². The molecule has 1 aromatic rings. The van der Waals surface area contributed by atoms with Crippen molar-refractivity contribution >= 4 is 16.0 Å². The Morgan fingerprint density at radius 2 is 1.95 bits per heavy atom. The van der Waals surface area contributed by atoms with E-state index in [1.165, 1.54) is 37.1 Å². The third-order valence-corrected chi connectivity index (χ3v) is 4.87. The second-order valence-electron chi connectivity index (χ2n) is 5.00. The maximum absolute atomic E-state index is 12.0. The van der Waals surface area contributed by atoms with Crippen molar-refractivity contribution in [2.45, 2.75) is 24.7 Å². The molecule has 0 heterocycles. The van der Waals surface area contributed by atoms with Gasteiger partial charge in [-0.15, -0.1) is 0 Å². The first-order valence-electron chi connectivity index (χ1n) is 6.23. The number of carboxylic acids is 1. The van der Waals surface area contributed by atoms with Crippen LogP contribution in [0.25, 0.3) is 0 Å². The summed E-state index contributed by atoms with van der Waals surface area (Å²) < 4.78 is 26.6. The molecule has 104 valence electrons. The Bertz CT molecular complexity index is 561. The molecule has 1 atom stereocenters. The van der Waals surface area contributed by atoms with Crippen molar-refractivity contribution in [2.24, 2.45) is 11.8 Å². The van der Waals surface area contributed by atoms with Crippen LogP contribution in [0.15, 0.2) is 29.2 Å². The average Bonchev–Trinajstić information content (AvgIpc) is 3.20. The van der Waals surface area contributed by atoms with E-state index in [-0.39, 0.29) is 10.5 Å². The van der Waals surface area contributed by atoms with Gasteiger partial charge in [0.2, 0.25) is 10.0 Å². The highest BCUT2D eigenvalue weighted by atomic mass is 32.2. The third-order valence-electron chi connectivity index (χ3n) is 3.43. The third kappa shape index (κ3) is 3.54. The van der Waals surface area contributed by atoms with Gasteiger partial charge in [-0.1, -0.05) is 6.92 Å². The molecule has 1 unspecified atom stereocenters. The molecule has 1 aromatic carbocycles. The number of nitrogens with one attached hydrogen (secondary N) is 1. The summed E-state index contributed by atoms with van der Waals surface area (Å²) in [7, 11) is -3.55. The Labute approximate surface area is 112 Å². The molecule has 2 N–H and O–H groups in total. The van der Waals surface area contributed by atoms with Crippen molar-refractivity contribution in [3.63, 3.8) is 0 Å². The fourth-order valence-corrected chi connectivity index (χ4v) is 3.08. The van der Waals surface area contributed by atoms with Gasteiger partial charge >= 0.3 is 5.97 Å². The molecule has 0 saturated heterocycles. The number of benzene rings is 1. The first-order chi connectivity index (χ1) is 8.90. The number of carboxylic acid groups (broad SMARTS) is 1. The molecule has 0 aliphatic heterocycles. The minimum Gasteiger partial charge on any atom is -0.478 e. The van der Waals surface area contributed by atoms with Crippen LogP contribution in [0, 0.1) is 11.8 Å². The lowest BCUT2D eigenvalue weighted by Crippen LogP contribution is -2.29. The van der Waals surface area contributed by atoms with Crippen LogP contribution in [0.5, 0.6) is 0 Å². The van der Waals surface area contributed by atoms with Gasteiger partial charge in [0.05, 0.1) is 10.5 Å². The van der Waals surface area contributed by atoms with Crippen LogP contribution in [-0.2, 0) is 10.0 Å². The molecular formula is C13H17NO4S. The highest BCUT2D eigenvalue weighted by Crippen LogP contribution is 2.36. The van der Waals surface area contributed by atoms with Crippen LogP contribution in [0.3, 0.4) is 0 Å². The molecule has 0 spiro atoms. The topological polar surface area (TPSA) is 83.5 Å². The summed E-state index contributed by atoms with van der Waals surface area (Å²) in [4.78, 5) is 10.8. The van der Waals surface area contributed by atoms with Crippen LogP contribution in [0.2, 0.25) is 0 Å². The molecule has 0 radical (unpaired) electrons. The molecule has 1 aliphatic rings. The molecule has 0 amide bonds. The summed E-state index contributed by atoms with van der Waals surface area (Å²) in [6.07, 6.45) is 2.35. The molecular weight excluding hydrogens is 266 g/mol. The van der Waals surface area contributed by atoms with Crippen LogP contribution in [-0.4, -0.2) is 26.0 Å². The van der Waals surface area contributed by atoms with Crippen LogP contribution >= 0.6 is 0 Å². The van der Waals surface area contributed by atoms with E-state index in [4.69, 9.17) is 5.11 Å². The highest BCUT2D eigenvalue weighted by Gasteiger charge is 2.28. The summed E-state index contributed by atoms with van der Waals surface area (Å²) in [5, 5.41) is 8.76. The van der Waals surface area contributed by atoms with Crippen LogP contribution in [0.4, 0.5) is 0 Å². The van der Waals surface area contributed by atoms with Gasteiger partial charge in [0, 0.05) is 6.54 Å². The lowest BCUT2D eigenvalue weighted by atomic mass is 10.1. The molecule has 1 fully saturated rings. The summed E-state index contributed by atoms with van der Waals surface area (Å²) >= 11 is 0. The Hall–Kier alpha value is -1.40. The fraction of sp³-hybridized carbons (Fsp3) is 0.462. The lowest BCUT2D eigenvalue weighted by Gasteiger charge is -2.12. The van der Waals surface area contributed by atoms with E-state index >= 15 is 0 Å². The number of carbonyl (C=O) groups is 1. The van der Waals surface area contributed by atoms with Gasteiger partial charge in [-0.3, -0.25) is 0 Å². The second kappa shape index (κ2) is 5.30. The molecule has 5 nitrogen and oxygen atoms in total. The zero-order chi connectivity index (χ0) is 14.0. The Morgan fingerprint density at radius 1 is 1.37 bits per heavy atom. The summed E-state index contributed by atoms with van der Waals surface area (Å²) in [5.74, 6) is -0.0931. The van der Waals surface area contributed by atoms with E-state index in [1.807, 2.05) is 6.92 Å². The van der Waals surface area contributed by atoms with Crippen LogP contribution < -0.4 is 4.72 Å². The first kappa shape index (κ1) is 14.0. The highest BCUT2D eigenvalue weighted by molar-refractivity contribution is 7.89. The standard InChI is InChI=1S/C13H17NO4S/c1-9(10-2-3-10)8-14-19(17,18)12-6-4-11(5-7-12)13(15)16/h4-7,9-10,14H,2-3,8H2,1H3,(H,15,16). The van der Waals surface area contributed by atoms with E-state index in [2.05, 4.69) is 4.72 Å². The van der Waals surface area contributed by atoms with E-state index in [0.717, 1.165) is 0 Å². The van der Waals surface area contributed by atoms with Crippen LogP contribution in [0.1, 0.15) is 30.1 Å². The Kier molecular flexibility index (Phi) is 3.91. The molecule has 1 saturated carbocycles. The van der Waals surface area contributed by atoms with Crippen molar-refractivity contribution in [3.05, 3.63) is 29.8 Å². The maximum Gasteiger partial charge on any atom is 0.335 e. The Morgan fingerprint density at radius 3 is 2.42 bits per heavy atom. The monoisotopic (exact) mass is 283 g/mol. The predicted molar refractivity (Wildman–Crippen MR) is 70.5 cm³/mol. The van der Waals surface area contributed by atoms with E-state index in [0.29, 0.717) is 18.4 Å². The predicted octanol–water partition coefficient (Wildman–Crippen LogP) is 1.71. The van der Waals surface area contributed by atoms with Gasteiger partial charge in [-0.25, -0.2) is 17.9 Å². The maximum atomic E-state index is 12.0. The van der Waals surface area contributed by atoms with Crippen molar-refractivity contribution in [1.82, 2.24) is 4.72 Å².